The maximum Gasteiger partial charge on any atom is 0.516 e. The van der Waals surface area contributed by atoms with Gasteiger partial charge in [0.25, 0.3) is 5.91 Å². The van der Waals surface area contributed by atoms with Crippen LogP contribution in [0.1, 0.15) is 11.1 Å². The molecule has 37 heavy (non-hydrogen) atoms. The van der Waals surface area contributed by atoms with Gasteiger partial charge in [-0.05, 0) is 77.5 Å². The summed E-state index contributed by atoms with van der Waals surface area (Å²) in [6.07, 6.45) is 1.68. The Balaban J connectivity index is 1.37. The van der Waals surface area contributed by atoms with Crippen molar-refractivity contribution in [3.8, 4) is 5.75 Å². The molecule has 7 nitrogen and oxygen atoms in total. The molecule has 1 amide bonds. The zero-order valence-corrected chi connectivity index (χ0v) is 21.0. The van der Waals surface area contributed by atoms with Crippen LogP contribution >= 0.6 is 23.4 Å². The van der Waals surface area contributed by atoms with Crippen molar-refractivity contribution < 1.29 is 31.1 Å². The number of alkyl halides is 3. The third-order valence-corrected chi connectivity index (χ3v) is 7.08. The molecular formula is C24H17ClF3N3O4S2. The molecule has 0 saturated carbocycles. The van der Waals surface area contributed by atoms with E-state index in [9.17, 15) is 26.4 Å². The number of sulfonamides is 1. The average molecular weight is 568 g/mol. The second kappa shape index (κ2) is 10.9. The standard InChI is InChI=1S/C24H17ClF3N3O4S2/c25-17-5-1-16(2-6-17)14-35-20-11-3-15(4-12-20)13-21-22(32)30-23(36-21)29-18-7-9-19(10-8-18)31-37(33,34)24(26,27)28/h1-13,31H,14H2,(H,29,30,32)/b21-13-. The summed E-state index contributed by atoms with van der Waals surface area (Å²) in [6, 6.07) is 19.4. The van der Waals surface area contributed by atoms with Gasteiger partial charge in [-0.1, -0.05) is 35.9 Å². The van der Waals surface area contributed by atoms with Gasteiger partial charge in [0.1, 0.15) is 12.4 Å². The number of amidine groups is 1. The van der Waals surface area contributed by atoms with Gasteiger partial charge < -0.3 is 10.1 Å². The van der Waals surface area contributed by atoms with Crippen molar-refractivity contribution in [2.45, 2.75) is 12.1 Å². The lowest BCUT2D eigenvalue weighted by Crippen LogP contribution is -2.29. The Hall–Kier alpha value is -3.48. The predicted molar refractivity (Wildman–Crippen MR) is 138 cm³/mol. The van der Waals surface area contributed by atoms with Gasteiger partial charge in [0.15, 0.2) is 5.17 Å². The summed E-state index contributed by atoms with van der Waals surface area (Å²) in [6.45, 7) is 0.380. The molecule has 0 bridgehead atoms. The minimum Gasteiger partial charge on any atom is -0.489 e. The maximum absolute atomic E-state index is 12.5. The number of ether oxygens (including phenoxy) is 1. The third kappa shape index (κ3) is 7.06. The van der Waals surface area contributed by atoms with Crippen LogP contribution in [0, 0.1) is 0 Å². The highest BCUT2D eigenvalue weighted by Crippen LogP contribution is 2.30. The van der Waals surface area contributed by atoms with E-state index in [4.69, 9.17) is 16.3 Å². The van der Waals surface area contributed by atoms with E-state index in [1.165, 1.54) is 16.9 Å². The molecule has 0 radical (unpaired) electrons. The fourth-order valence-electron chi connectivity index (χ4n) is 2.97. The molecule has 3 aromatic rings. The van der Waals surface area contributed by atoms with Gasteiger partial charge in [0.2, 0.25) is 0 Å². The molecule has 1 aliphatic rings. The molecule has 192 valence electrons. The first-order chi connectivity index (χ1) is 17.5. The Labute approximate surface area is 219 Å². The van der Waals surface area contributed by atoms with Crippen LogP contribution in [0.5, 0.6) is 5.75 Å². The highest BCUT2D eigenvalue weighted by atomic mass is 35.5. The molecule has 0 aromatic heterocycles. The monoisotopic (exact) mass is 567 g/mol. The molecular weight excluding hydrogens is 551 g/mol. The Morgan fingerprint density at radius 2 is 1.65 bits per heavy atom. The quantitative estimate of drug-likeness (QED) is 0.338. The Bertz CT molecular complexity index is 1460. The van der Waals surface area contributed by atoms with Crippen LogP contribution in [0.4, 0.5) is 24.5 Å². The van der Waals surface area contributed by atoms with Crippen LogP contribution < -0.4 is 14.8 Å². The van der Waals surface area contributed by atoms with Gasteiger partial charge in [0, 0.05) is 10.7 Å². The van der Waals surface area contributed by atoms with Gasteiger partial charge >= 0.3 is 15.5 Å². The molecule has 3 aromatic carbocycles. The van der Waals surface area contributed by atoms with E-state index in [0.29, 0.717) is 28.0 Å². The van der Waals surface area contributed by atoms with Gasteiger partial charge in [-0.15, -0.1) is 0 Å². The van der Waals surface area contributed by atoms with Crippen LogP contribution in [-0.2, 0) is 21.4 Å². The van der Waals surface area contributed by atoms with Gasteiger partial charge in [-0.25, -0.2) is 4.99 Å². The van der Waals surface area contributed by atoms with E-state index in [1.807, 2.05) is 12.1 Å². The number of nitrogens with zero attached hydrogens (tertiary/aromatic N) is 1. The van der Waals surface area contributed by atoms with Gasteiger partial charge in [0.05, 0.1) is 10.6 Å². The number of carbonyl (C=O) groups excluding carboxylic acids is 1. The van der Waals surface area contributed by atoms with E-state index in [2.05, 4.69) is 10.3 Å². The van der Waals surface area contributed by atoms with E-state index >= 15 is 0 Å². The van der Waals surface area contributed by atoms with Crippen molar-refractivity contribution in [3.05, 3.63) is 93.9 Å². The van der Waals surface area contributed by atoms with Crippen molar-refractivity contribution in [1.29, 1.82) is 0 Å². The molecule has 1 fully saturated rings. The molecule has 1 aliphatic heterocycles. The zero-order chi connectivity index (χ0) is 26.6. The Morgan fingerprint density at radius 3 is 2.27 bits per heavy atom. The van der Waals surface area contributed by atoms with Crippen LogP contribution in [0.2, 0.25) is 5.02 Å². The summed E-state index contributed by atoms with van der Waals surface area (Å²) in [7, 11) is -5.52. The number of thioether (sulfide) groups is 1. The topological polar surface area (TPSA) is 96.9 Å². The molecule has 4 rings (SSSR count). The normalized spacial score (nSPS) is 16.2. The van der Waals surface area contributed by atoms with E-state index in [-0.39, 0.29) is 16.8 Å². The fourth-order valence-corrected chi connectivity index (χ4v) is 4.50. The van der Waals surface area contributed by atoms with Crippen LogP contribution in [0.25, 0.3) is 6.08 Å². The first-order valence-electron chi connectivity index (χ1n) is 10.4. The number of amides is 1. The van der Waals surface area contributed by atoms with E-state index in [0.717, 1.165) is 35.0 Å². The number of hydrogen-bond acceptors (Lipinski definition) is 6. The molecule has 0 aliphatic carbocycles. The van der Waals surface area contributed by atoms with Crippen molar-refractivity contribution in [2.75, 3.05) is 4.72 Å². The average Bonchev–Trinajstić information content (AvgIpc) is 3.18. The number of hydrogen-bond donors (Lipinski definition) is 2. The van der Waals surface area contributed by atoms with Crippen molar-refractivity contribution in [3.63, 3.8) is 0 Å². The number of carbonyl (C=O) groups is 1. The summed E-state index contributed by atoms with van der Waals surface area (Å²) in [5.41, 5.74) is -3.66. The number of benzene rings is 3. The molecule has 0 unspecified atom stereocenters. The largest absolute Gasteiger partial charge is 0.516 e. The summed E-state index contributed by atoms with van der Waals surface area (Å²) >= 11 is 6.96. The molecule has 0 atom stereocenters. The summed E-state index contributed by atoms with van der Waals surface area (Å²) < 4.78 is 67.1. The minimum absolute atomic E-state index is 0.266. The van der Waals surface area contributed by atoms with E-state index in [1.54, 1.807) is 42.5 Å². The van der Waals surface area contributed by atoms with E-state index < -0.39 is 15.5 Å². The SMILES string of the molecule is O=C1NC(=Nc2ccc(NS(=O)(=O)C(F)(F)F)cc2)S/C1=C\c1ccc(OCc2ccc(Cl)cc2)cc1. The number of aliphatic imine (C=N–C) groups is 1. The van der Waals surface area contributed by atoms with Crippen LogP contribution in [-0.4, -0.2) is 25.0 Å². The molecule has 2 N–H and O–H groups in total. The fraction of sp³-hybridized carbons (Fsp3) is 0.0833. The molecule has 1 saturated heterocycles. The molecule has 0 spiro atoms. The van der Waals surface area contributed by atoms with Crippen molar-refractivity contribution in [1.82, 2.24) is 5.32 Å². The minimum atomic E-state index is -5.52. The predicted octanol–water partition coefficient (Wildman–Crippen LogP) is 6.07. The smallest absolute Gasteiger partial charge is 0.489 e. The highest BCUT2D eigenvalue weighted by molar-refractivity contribution is 8.18. The second-order valence-electron chi connectivity index (χ2n) is 7.56. The number of nitrogens with one attached hydrogen (secondary N) is 2. The first kappa shape index (κ1) is 26.6. The lowest BCUT2D eigenvalue weighted by Gasteiger charge is -2.10. The Morgan fingerprint density at radius 1 is 1.00 bits per heavy atom. The summed E-state index contributed by atoms with van der Waals surface area (Å²) in [5.74, 6) is 0.297. The third-order valence-electron chi connectivity index (χ3n) is 4.80. The zero-order valence-electron chi connectivity index (χ0n) is 18.6. The Kier molecular flexibility index (Phi) is 7.81. The van der Waals surface area contributed by atoms with Gasteiger partial charge in [-0.2, -0.15) is 21.6 Å². The van der Waals surface area contributed by atoms with Crippen LogP contribution in [0.15, 0.2) is 82.7 Å². The lowest BCUT2D eigenvalue weighted by molar-refractivity contribution is -0.115. The highest BCUT2D eigenvalue weighted by Gasteiger charge is 2.46. The first-order valence-corrected chi connectivity index (χ1v) is 13.1. The summed E-state index contributed by atoms with van der Waals surface area (Å²) in [5, 5.41) is 3.53. The molecule has 1 heterocycles. The lowest BCUT2D eigenvalue weighted by atomic mass is 10.2. The number of rotatable bonds is 7. The van der Waals surface area contributed by atoms with Gasteiger partial charge in [-0.3, -0.25) is 9.52 Å². The maximum atomic E-state index is 12.5. The molecule has 13 heteroatoms. The van der Waals surface area contributed by atoms with Crippen molar-refractivity contribution in [2.24, 2.45) is 4.99 Å². The summed E-state index contributed by atoms with van der Waals surface area (Å²) in [4.78, 5) is 17.0. The number of anilines is 1. The second-order valence-corrected chi connectivity index (χ2v) is 10.7. The number of halogens is 4. The van der Waals surface area contributed by atoms with Crippen LogP contribution in [0.3, 0.4) is 0 Å². The van der Waals surface area contributed by atoms with Crippen molar-refractivity contribution >= 4 is 61.9 Å².